The average molecular weight is 274 g/mol. The lowest BCUT2D eigenvalue weighted by molar-refractivity contribution is -0.153. The van der Waals surface area contributed by atoms with Gasteiger partial charge in [-0.3, -0.25) is 0 Å². The van der Waals surface area contributed by atoms with Crippen molar-refractivity contribution < 1.29 is 17.9 Å². The van der Waals surface area contributed by atoms with Gasteiger partial charge < -0.3 is 15.4 Å². The van der Waals surface area contributed by atoms with Crippen molar-refractivity contribution in [2.24, 2.45) is 0 Å². The Morgan fingerprint density at radius 1 is 1.37 bits per heavy atom. The van der Waals surface area contributed by atoms with Gasteiger partial charge in [0.1, 0.15) is 5.75 Å². The maximum atomic E-state index is 12.0. The molecule has 1 aliphatic rings. The predicted octanol–water partition coefficient (Wildman–Crippen LogP) is 2.08. The Labute approximate surface area is 110 Å². The van der Waals surface area contributed by atoms with E-state index in [1.54, 1.807) is 12.1 Å². The van der Waals surface area contributed by atoms with E-state index in [-0.39, 0.29) is 5.75 Å². The molecule has 1 unspecified atom stereocenters. The topological polar surface area (TPSA) is 33.3 Å². The quantitative estimate of drug-likeness (QED) is 0.862. The van der Waals surface area contributed by atoms with Crippen LogP contribution in [0.4, 0.5) is 13.2 Å². The predicted molar refractivity (Wildman–Crippen MR) is 66.1 cm³/mol. The Bertz CT molecular complexity index is 403. The van der Waals surface area contributed by atoms with E-state index in [1.807, 2.05) is 6.07 Å². The van der Waals surface area contributed by atoms with Gasteiger partial charge in [-0.1, -0.05) is 12.1 Å². The van der Waals surface area contributed by atoms with Gasteiger partial charge in [0.25, 0.3) is 0 Å². The average Bonchev–Trinajstić information content (AvgIpc) is 2.87. The molecule has 1 aliphatic heterocycles. The first-order chi connectivity index (χ1) is 9.03. The summed E-state index contributed by atoms with van der Waals surface area (Å²) in [4.78, 5) is 0. The molecule has 1 aromatic rings. The van der Waals surface area contributed by atoms with Crippen LogP contribution in [0, 0.1) is 0 Å². The van der Waals surface area contributed by atoms with Gasteiger partial charge in [-0.15, -0.1) is 0 Å². The molecule has 2 rings (SSSR count). The molecule has 1 heterocycles. The fourth-order valence-corrected chi connectivity index (χ4v) is 2.00. The molecule has 1 atom stereocenters. The monoisotopic (exact) mass is 274 g/mol. The maximum Gasteiger partial charge on any atom is 0.422 e. The molecule has 19 heavy (non-hydrogen) atoms. The second-order valence-corrected chi connectivity index (χ2v) is 4.62. The lowest BCUT2D eigenvalue weighted by atomic mass is 10.2. The number of alkyl halides is 3. The van der Waals surface area contributed by atoms with E-state index in [9.17, 15) is 13.2 Å². The summed E-state index contributed by atoms with van der Waals surface area (Å²) in [6.07, 6.45) is -3.23. The van der Waals surface area contributed by atoms with Crippen LogP contribution in [-0.4, -0.2) is 31.9 Å². The number of halogens is 3. The van der Waals surface area contributed by atoms with Crippen molar-refractivity contribution in [2.45, 2.75) is 25.2 Å². The van der Waals surface area contributed by atoms with E-state index in [4.69, 9.17) is 4.74 Å². The number of hydrogen-bond donors (Lipinski definition) is 2. The van der Waals surface area contributed by atoms with Crippen LogP contribution in [0.25, 0.3) is 0 Å². The van der Waals surface area contributed by atoms with Crippen molar-refractivity contribution in [3.05, 3.63) is 29.8 Å². The van der Waals surface area contributed by atoms with Crippen molar-refractivity contribution in [3.63, 3.8) is 0 Å². The maximum absolute atomic E-state index is 12.0. The molecule has 0 aromatic heterocycles. The zero-order chi connectivity index (χ0) is 13.7. The van der Waals surface area contributed by atoms with E-state index in [0.717, 1.165) is 25.1 Å². The minimum atomic E-state index is -4.30. The molecule has 3 nitrogen and oxygen atoms in total. The summed E-state index contributed by atoms with van der Waals surface area (Å²) in [5.41, 5.74) is 0.923. The van der Waals surface area contributed by atoms with E-state index in [2.05, 4.69) is 10.6 Å². The summed E-state index contributed by atoms with van der Waals surface area (Å²) in [5, 5.41) is 6.60. The molecule has 1 aromatic carbocycles. The molecule has 0 saturated carbocycles. The van der Waals surface area contributed by atoms with Crippen LogP contribution in [0.15, 0.2) is 24.3 Å². The molecule has 0 bridgehead atoms. The Morgan fingerprint density at radius 2 is 2.21 bits per heavy atom. The van der Waals surface area contributed by atoms with Crippen LogP contribution in [0.3, 0.4) is 0 Å². The van der Waals surface area contributed by atoms with E-state index in [0.29, 0.717) is 12.6 Å². The largest absolute Gasteiger partial charge is 0.484 e. The van der Waals surface area contributed by atoms with E-state index < -0.39 is 12.8 Å². The molecular formula is C13H17F3N2O. The first kappa shape index (κ1) is 14.1. The van der Waals surface area contributed by atoms with Crippen molar-refractivity contribution in [3.8, 4) is 5.75 Å². The normalized spacial score (nSPS) is 19.6. The van der Waals surface area contributed by atoms with Gasteiger partial charge in [-0.05, 0) is 30.7 Å². The summed E-state index contributed by atoms with van der Waals surface area (Å²) in [6.45, 7) is 1.32. The van der Waals surface area contributed by atoms with Crippen LogP contribution >= 0.6 is 0 Å². The van der Waals surface area contributed by atoms with Crippen LogP contribution in [0.1, 0.15) is 12.0 Å². The molecule has 1 saturated heterocycles. The molecule has 106 valence electrons. The van der Waals surface area contributed by atoms with Gasteiger partial charge in [0.05, 0.1) is 0 Å². The molecule has 0 radical (unpaired) electrons. The molecular weight excluding hydrogens is 257 g/mol. The highest BCUT2D eigenvalue weighted by molar-refractivity contribution is 5.28. The molecule has 0 spiro atoms. The van der Waals surface area contributed by atoms with E-state index in [1.165, 1.54) is 6.07 Å². The highest BCUT2D eigenvalue weighted by Gasteiger charge is 2.28. The second-order valence-electron chi connectivity index (χ2n) is 4.62. The fraction of sp³-hybridized carbons (Fsp3) is 0.538. The first-order valence-electron chi connectivity index (χ1n) is 6.25. The summed E-state index contributed by atoms with van der Waals surface area (Å²) < 4.78 is 40.9. The Hall–Kier alpha value is -1.27. The molecule has 1 fully saturated rings. The van der Waals surface area contributed by atoms with Gasteiger partial charge in [0, 0.05) is 19.1 Å². The number of hydrogen-bond acceptors (Lipinski definition) is 3. The van der Waals surface area contributed by atoms with Gasteiger partial charge >= 0.3 is 6.18 Å². The lowest BCUT2D eigenvalue weighted by Gasteiger charge is -2.13. The van der Waals surface area contributed by atoms with Crippen molar-refractivity contribution in [2.75, 3.05) is 19.7 Å². The summed E-state index contributed by atoms with van der Waals surface area (Å²) in [7, 11) is 0. The van der Waals surface area contributed by atoms with Crippen molar-refractivity contribution >= 4 is 0 Å². The highest BCUT2D eigenvalue weighted by atomic mass is 19.4. The highest BCUT2D eigenvalue weighted by Crippen LogP contribution is 2.19. The second kappa shape index (κ2) is 6.25. The van der Waals surface area contributed by atoms with Crippen LogP contribution in [-0.2, 0) is 6.54 Å². The van der Waals surface area contributed by atoms with Crippen LogP contribution in [0.5, 0.6) is 5.75 Å². The third kappa shape index (κ3) is 5.08. The Morgan fingerprint density at radius 3 is 2.89 bits per heavy atom. The minimum Gasteiger partial charge on any atom is -0.484 e. The van der Waals surface area contributed by atoms with Gasteiger partial charge in [-0.25, -0.2) is 0 Å². The molecule has 2 N–H and O–H groups in total. The zero-order valence-electron chi connectivity index (χ0n) is 10.5. The lowest BCUT2D eigenvalue weighted by Crippen LogP contribution is -2.30. The molecule has 0 aliphatic carbocycles. The SMILES string of the molecule is FC(F)(F)COc1cccc(CNC2CCNC2)c1. The van der Waals surface area contributed by atoms with Gasteiger partial charge in [-0.2, -0.15) is 13.2 Å². The fourth-order valence-electron chi connectivity index (χ4n) is 2.00. The Balaban J connectivity index is 1.84. The van der Waals surface area contributed by atoms with Crippen LogP contribution in [0.2, 0.25) is 0 Å². The Kier molecular flexibility index (Phi) is 4.66. The van der Waals surface area contributed by atoms with Crippen molar-refractivity contribution in [1.29, 1.82) is 0 Å². The molecule has 6 heteroatoms. The van der Waals surface area contributed by atoms with Crippen molar-refractivity contribution in [1.82, 2.24) is 10.6 Å². The number of ether oxygens (including phenoxy) is 1. The van der Waals surface area contributed by atoms with Gasteiger partial charge in [0.15, 0.2) is 6.61 Å². The smallest absolute Gasteiger partial charge is 0.422 e. The number of rotatable bonds is 5. The number of nitrogens with one attached hydrogen (secondary N) is 2. The number of benzene rings is 1. The summed E-state index contributed by atoms with van der Waals surface area (Å²) >= 11 is 0. The molecule has 0 amide bonds. The zero-order valence-corrected chi connectivity index (χ0v) is 10.5. The first-order valence-corrected chi connectivity index (χ1v) is 6.25. The minimum absolute atomic E-state index is 0.251. The third-order valence-electron chi connectivity index (χ3n) is 2.96. The standard InChI is InChI=1S/C13H17F3N2O/c14-13(15,16)9-19-12-3-1-2-10(6-12)7-18-11-4-5-17-8-11/h1-3,6,11,17-18H,4-5,7-9H2. The van der Waals surface area contributed by atoms with Gasteiger partial charge in [0.2, 0.25) is 0 Å². The summed E-state index contributed by atoms with van der Waals surface area (Å²) in [6, 6.07) is 7.18. The van der Waals surface area contributed by atoms with Crippen LogP contribution < -0.4 is 15.4 Å². The van der Waals surface area contributed by atoms with E-state index >= 15 is 0 Å². The summed E-state index contributed by atoms with van der Waals surface area (Å²) in [5.74, 6) is 0.251. The third-order valence-corrected chi connectivity index (χ3v) is 2.96.